The molecule has 3 rings (SSSR count). The summed E-state index contributed by atoms with van der Waals surface area (Å²) in [5, 5.41) is 15.6. The molecule has 0 aliphatic carbocycles. The van der Waals surface area contributed by atoms with Gasteiger partial charge in [-0.1, -0.05) is 12.1 Å². The normalized spacial score (nSPS) is 11.4. The van der Waals surface area contributed by atoms with E-state index in [0.717, 1.165) is 0 Å². The van der Waals surface area contributed by atoms with Gasteiger partial charge in [0.1, 0.15) is 0 Å². The highest BCUT2D eigenvalue weighted by molar-refractivity contribution is 9.10. The molecule has 2 aromatic carbocycles. The molecule has 9 nitrogen and oxygen atoms in total. The molecule has 0 spiro atoms. The van der Waals surface area contributed by atoms with E-state index in [1.807, 2.05) is 0 Å². The van der Waals surface area contributed by atoms with Crippen LogP contribution in [0.5, 0.6) is 5.75 Å². The predicted octanol–water partition coefficient (Wildman–Crippen LogP) is 3.03. The molecule has 0 aliphatic heterocycles. The Hall–Kier alpha value is -3.27. The van der Waals surface area contributed by atoms with E-state index in [0.29, 0.717) is 25.6 Å². The third kappa shape index (κ3) is 3.86. The first-order chi connectivity index (χ1) is 13.3. The number of nitro benzene ring substituents is 1. The fraction of sp³-hybridized carbons (Fsp3) is 0.167. The van der Waals surface area contributed by atoms with Gasteiger partial charge >= 0.3 is 11.4 Å². The Bertz CT molecular complexity index is 1210. The number of hydrogen-bond acceptors (Lipinski definition) is 6. The van der Waals surface area contributed by atoms with Crippen molar-refractivity contribution in [3.05, 3.63) is 77.4 Å². The molecule has 3 aromatic rings. The molecule has 1 heterocycles. The van der Waals surface area contributed by atoms with E-state index in [9.17, 15) is 19.7 Å². The minimum Gasteiger partial charge on any atom is -0.483 e. The van der Waals surface area contributed by atoms with Crippen molar-refractivity contribution in [2.45, 2.75) is 20.0 Å². The van der Waals surface area contributed by atoms with Crippen molar-refractivity contribution >= 4 is 38.7 Å². The summed E-state index contributed by atoms with van der Waals surface area (Å²) >= 11 is 3.25. The van der Waals surface area contributed by atoms with Crippen molar-refractivity contribution in [3.8, 4) is 5.75 Å². The molecule has 1 aromatic heterocycles. The Morgan fingerprint density at radius 2 is 2.00 bits per heavy atom. The largest absolute Gasteiger partial charge is 0.483 e. The van der Waals surface area contributed by atoms with Crippen LogP contribution in [0.3, 0.4) is 0 Å². The van der Waals surface area contributed by atoms with Crippen molar-refractivity contribution in [1.82, 2.24) is 9.66 Å². The van der Waals surface area contributed by atoms with Gasteiger partial charge in [0.2, 0.25) is 5.75 Å². The van der Waals surface area contributed by atoms with Gasteiger partial charge in [-0.25, -0.2) is 4.79 Å². The number of nitrogens with zero attached hydrogens (tertiary/aromatic N) is 3. The number of nitro groups is 1. The van der Waals surface area contributed by atoms with Gasteiger partial charge in [0, 0.05) is 11.6 Å². The van der Waals surface area contributed by atoms with Crippen LogP contribution < -0.4 is 16.0 Å². The predicted molar refractivity (Wildman–Crippen MR) is 108 cm³/mol. The van der Waals surface area contributed by atoms with E-state index < -0.39 is 16.2 Å². The van der Waals surface area contributed by atoms with Gasteiger partial charge in [-0.3, -0.25) is 14.9 Å². The van der Waals surface area contributed by atoms with E-state index in [1.54, 1.807) is 44.2 Å². The van der Waals surface area contributed by atoms with E-state index in [-0.39, 0.29) is 17.5 Å². The Balaban J connectivity index is 2.08. The van der Waals surface area contributed by atoms with Crippen LogP contribution in [0.15, 0.2) is 55.6 Å². The minimum absolute atomic E-state index is 0.0952. The number of ether oxygens (including phenoxy) is 1. The average molecular weight is 447 g/mol. The lowest BCUT2D eigenvalue weighted by Gasteiger charge is -2.12. The summed E-state index contributed by atoms with van der Waals surface area (Å²) in [7, 11) is 0. The number of H-pyrrole nitrogens is 1. The first-order valence-electron chi connectivity index (χ1n) is 8.21. The second-order valence-electron chi connectivity index (χ2n) is 6.11. The van der Waals surface area contributed by atoms with E-state index >= 15 is 0 Å². The lowest BCUT2D eigenvalue weighted by Crippen LogP contribution is -2.32. The highest BCUT2D eigenvalue weighted by Crippen LogP contribution is 2.36. The fourth-order valence-corrected chi connectivity index (χ4v) is 3.11. The van der Waals surface area contributed by atoms with Crippen molar-refractivity contribution < 1.29 is 9.66 Å². The number of benzene rings is 2. The molecule has 10 heteroatoms. The third-order valence-corrected chi connectivity index (χ3v) is 4.29. The monoisotopic (exact) mass is 446 g/mol. The van der Waals surface area contributed by atoms with Crippen LogP contribution >= 0.6 is 15.9 Å². The number of aromatic amines is 1. The molecule has 0 bridgehead atoms. The zero-order valence-electron chi connectivity index (χ0n) is 14.9. The number of fused-ring (bicyclic) bond motifs is 1. The lowest BCUT2D eigenvalue weighted by atomic mass is 10.2. The van der Waals surface area contributed by atoms with Gasteiger partial charge in [0.25, 0.3) is 5.56 Å². The van der Waals surface area contributed by atoms with Gasteiger partial charge < -0.3 is 9.72 Å². The molecule has 0 unspecified atom stereocenters. The SMILES string of the molecule is CC(C)Oc1c(Br)cc(C=Nn2c(=O)[nH]c3ccccc3c2=O)cc1[N+](=O)[O-]. The summed E-state index contributed by atoms with van der Waals surface area (Å²) in [6.07, 6.45) is 0.937. The quantitative estimate of drug-likeness (QED) is 0.366. The highest BCUT2D eigenvalue weighted by Gasteiger charge is 2.21. The molecular formula is C18H15BrN4O5. The van der Waals surface area contributed by atoms with Crippen LogP contribution in [-0.4, -0.2) is 26.9 Å². The van der Waals surface area contributed by atoms with Crippen molar-refractivity contribution in [3.63, 3.8) is 0 Å². The van der Waals surface area contributed by atoms with Crippen LogP contribution in [-0.2, 0) is 0 Å². The van der Waals surface area contributed by atoms with Gasteiger partial charge in [0.05, 0.1) is 32.6 Å². The summed E-state index contributed by atoms with van der Waals surface area (Å²) in [6, 6.07) is 9.35. The second-order valence-corrected chi connectivity index (χ2v) is 6.97. The molecule has 0 saturated carbocycles. The Kier molecular flexibility index (Phi) is 5.41. The minimum atomic E-state index is -0.715. The van der Waals surface area contributed by atoms with E-state index in [2.05, 4.69) is 26.0 Å². The summed E-state index contributed by atoms with van der Waals surface area (Å²) in [5.74, 6) is 0.0952. The van der Waals surface area contributed by atoms with Gasteiger partial charge in [-0.2, -0.15) is 5.10 Å². The lowest BCUT2D eigenvalue weighted by molar-refractivity contribution is -0.386. The maximum atomic E-state index is 12.5. The first kappa shape index (κ1) is 19.5. The van der Waals surface area contributed by atoms with Crippen molar-refractivity contribution in [2.75, 3.05) is 0 Å². The molecule has 0 amide bonds. The van der Waals surface area contributed by atoms with Crippen LogP contribution in [0, 0.1) is 10.1 Å². The standard InChI is InChI=1S/C18H15BrN4O5/c1-10(2)28-16-13(19)7-11(8-15(16)23(26)27)9-20-22-17(24)12-5-3-4-6-14(12)21-18(22)25/h3-10H,1-2H3,(H,21,25). The van der Waals surface area contributed by atoms with Crippen LogP contribution in [0.1, 0.15) is 19.4 Å². The van der Waals surface area contributed by atoms with Crippen LogP contribution in [0.2, 0.25) is 0 Å². The molecule has 144 valence electrons. The van der Waals surface area contributed by atoms with E-state index in [4.69, 9.17) is 4.74 Å². The summed E-state index contributed by atoms with van der Waals surface area (Å²) in [5.41, 5.74) is -0.854. The van der Waals surface area contributed by atoms with Gasteiger partial charge in [-0.15, -0.1) is 4.68 Å². The number of hydrogen-bond donors (Lipinski definition) is 1. The maximum Gasteiger partial charge on any atom is 0.349 e. The zero-order chi connectivity index (χ0) is 20.4. The Morgan fingerprint density at radius 1 is 1.29 bits per heavy atom. The van der Waals surface area contributed by atoms with Gasteiger partial charge in [0.15, 0.2) is 0 Å². The fourth-order valence-electron chi connectivity index (χ4n) is 2.54. The number of para-hydroxylation sites is 1. The molecule has 28 heavy (non-hydrogen) atoms. The molecule has 0 fully saturated rings. The molecular weight excluding hydrogens is 432 g/mol. The van der Waals surface area contributed by atoms with E-state index in [1.165, 1.54) is 12.3 Å². The highest BCUT2D eigenvalue weighted by atomic mass is 79.9. The molecule has 0 radical (unpaired) electrons. The van der Waals surface area contributed by atoms with Gasteiger partial charge in [-0.05, 0) is 48.0 Å². The number of halogens is 1. The van der Waals surface area contributed by atoms with Crippen molar-refractivity contribution in [1.29, 1.82) is 0 Å². The number of nitrogens with one attached hydrogen (secondary N) is 1. The summed E-state index contributed by atoms with van der Waals surface area (Å²) in [6.45, 7) is 3.51. The third-order valence-electron chi connectivity index (χ3n) is 3.70. The zero-order valence-corrected chi connectivity index (χ0v) is 16.5. The number of aromatic nitrogens is 2. The smallest absolute Gasteiger partial charge is 0.349 e. The molecule has 0 saturated heterocycles. The Morgan fingerprint density at radius 3 is 2.68 bits per heavy atom. The van der Waals surface area contributed by atoms with Crippen LogP contribution in [0.4, 0.5) is 5.69 Å². The molecule has 0 atom stereocenters. The van der Waals surface area contributed by atoms with Crippen molar-refractivity contribution in [2.24, 2.45) is 5.10 Å². The number of rotatable bonds is 5. The molecule has 0 aliphatic rings. The van der Waals surface area contributed by atoms with Crippen LogP contribution in [0.25, 0.3) is 10.9 Å². The second kappa shape index (κ2) is 7.77. The average Bonchev–Trinajstić information content (AvgIpc) is 2.63. The summed E-state index contributed by atoms with van der Waals surface area (Å²) < 4.78 is 6.52. The topological polar surface area (TPSA) is 120 Å². The maximum absolute atomic E-state index is 12.5. The summed E-state index contributed by atoms with van der Waals surface area (Å²) in [4.78, 5) is 38.0. The first-order valence-corrected chi connectivity index (χ1v) is 9.00. The Labute approximate surface area is 166 Å². The molecule has 1 N–H and O–H groups in total.